The van der Waals surface area contributed by atoms with E-state index in [4.69, 9.17) is 4.74 Å². The zero-order valence-electron chi connectivity index (χ0n) is 13.8. The van der Waals surface area contributed by atoms with Gasteiger partial charge in [-0.15, -0.1) is 0 Å². The van der Waals surface area contributed by atoms with Crippen LogP contribution in [0.1, 0.15) is 53.4 Å². The van der Waals surface area contributed by atoms with Gasteiger partial charge in [-0.3, -0.25) is 15.0 Å². The van der Waals surface area contributed by atoms with Crippen molar-refractivity contribution in [3.63, 3.8) is 0 Å². The molecule has 0 bridgehead atoms. The maximum Gasteiger partial charge on any atom is 0.323 e. The summed E-state index contributed by atoms with van der Waals surface area (Å²) in [5.74, 6) is -0.731. The van der Waals surface area contributed by atoms with Crippen LogP contribution in [0.4, 0.5) is 0 Å². The minimum Gasteiger partial charge on any atom is -0.480 e. The highest BCUT2D eigenvalue weighted by Crippen LogP contribution is 2.26. The topological polar surface area (TPSA) is 61.8 Å². The molecule has 0 amide bonds. The third kappa shape index (κ3) is 4.94. The first-order valence-electron chi connectivity index (χ1n) is 8.11. The van der Waals surface area contributed by atoms with E-state index in [1.807, 2.05) is 6.92 Å². The number of carboxylic acids is 1. The van der Waals surface area contributed by atoms with Crippen LogP contribution in [-0.4, -0.2) is 58.9 Å². The van der Waals surface area contributed by atoms with E-state index in [-0.39, 0.29) is 11.7 Å². The highest BCUT2D eigenvalue weighted by atomic mass is 16.5. The second kappa shape index (κ2) is 6.23. The minimum atomic E-state index is -0.783. The molecule has 0 aromatic carbocycles. The molecule has 2 aliphatic rings. The van der Waals surface area contributed by atoms with E-state index in [9.17, 15) is 9.90 Å². The summed E-state index contributed by atoms with van der Waals surface area (Å²) >= 11 is 0. The fourth-order valence-electron chi connectivity index (χ4n) is 3.33. The van der Waals surface area contributed by atoms with E-state index in [0.29, 0.717) is 12.5 Å². The lowest BCUT2D eigenvalue weighted by Crippen LogP contribution is -2.53. The molecule has 1 aliphatic heterocycles. The second-order valence-corrected chi connectivity index (χ2v) is 7.58. The average molecular weight is 298 g/mol. The molecule has 5 nitrogen and oxygen atoms in total. The van der Waals surface area contributed by atoms with E-state index in [2.05, 4.69) is 31.0 Å². The summed E-state index contributed by atoms with van der Waals surface area (Å²) in [4.78, 5) is 13.9. The third-order valence-corrected chi connectivity index (χ3v) is 4.36. The first-order chi connectivity index (χ1) is 9.70. The molecular weight excluding hydrogens is 268 g/mol. The molecule has 1 saturated heterocycles. The Morgan fingerprint density at radius 2 is 2.14 bits per heavy atom. The molecule has 0 aromatic heterocycles. The molecule has 0 radical (unpaired) electrons. The van der Waals surface area contributed by atoms with Crippen LogP contribution in [0.15, 0.2) is 0 Å². The van der Waals surface area contributed by atoms with Gasteiger partial charge >= 0.3 is 5.97 Å². The highest BCUT2D eigenvalue weighted by molar-refractivity contribution is 5.78. The van der Waals surface area contributed by atoms with Crippen molar-refractivity contribution in [2.24, 2.45) is 0 Å². The van der Waals surface area contributed by atoms with Crippen LogP contribution in [0.3, 0.4) is 0 Å². The molecule has 2 unspecified atom stereocenters. The van der Waals surface area contributed by atoms with Crippen LogP contribution in [0.5, 0.6) is 0 Å². The van der Waals surface area contributed by atoms with Gasteiger partial charge in [0.25, 0.3) is 0 Å². The molecule has 2 atom stereocenters. The van der Waals surface area contributed by atoms with E-state index in [1.165, 1.54) is 0 Å². The first kappa shape index (κ1) is 16.7. The van der Waals surface area contributed by atoms with Crippen molar-refractivity contribution in [2.45, 2.75) is 76.7 Å². The van der Waals surface area contributed by atoms with Gasteiger partial charge in [0.1, 0.15) is 5.54 Å². The van der Waals surface area contributed by atoms with E-state index in [1.54, 1.807) is 0 Å². The molecular formula is C16H30N2O3. The maximum atomic E-state index is 11.5. The zero-order valence-corrected chi connectivity index (χ0v) is 13.8. The van der Waals surface area contributed by atoms with Crippen LogP contribution < -0.4 is 5.32 Å². The Labute approximate surface area is 128 Å². The van der Waals surface area contributed by atoms with Gasteiger partial charge in [0.15, 0.2) is 0 Å². The van der Waals surface area contributed by atoms with Crippen LogP contribution in [-0.2, 0) is 9.53 Å². The van der Waals surface area contributed by atoms with E-state index >= 15 is 0 Å². The third-order valence-electron chi connectivity index (χ3n) is 4.36. The maximum absolute atomic E-state index is 11.5. The van der Waals surface area contributed by atoms with E-state index < -0.39 is 11.5 Å². The Bertz CT molecular complexity index is 382. The minimum absolute atomic E-state index is 0.111. The monoisotopic (exact) mass is 298 g/mol. The summed E-state index contributed by atoms with van der Waals surface area (Å²) in [7, 11) is 0. The van der Waals surface area contributed by atoms with Crippen molar-refractivity contribution < 1.29 is 14.6 Å². The summed E-state index contributed by atoms with van der Waals surface area (Å²) in [6.07, 6.45) is 4.02. The SMILES string of the molecule is CC1CN(CCCC(C)(NC2CC2)C(=O)O)CC(C)(C)O1. The van der Waals surface area contributed by atoms with Crippen LogP contribution in [0, 0.1) is 0 Å². The van der Waals surface area contributed by atoms with Crippen molar-refractivity contribution in [3.05, 3.63) is 0 Å². The van der Waals surface area contributed by atoms with Crippen LogP contribution in [0.25, 0.3) is 0 Å². The smallest absolute Gasteiger partial charge is 0.323 e. The van der Waals surface area contributed by atoms with Gasteiger partial charge in [0, 0.05) is 19.1 Å². The Morgan fingerprint density at radius 3 is 2.67 bits per heavy atom. The van der Waals surface area contributed by atoms with Crippen molar-refractivity contribution in [3.8, 4) is 0 Å². The van der Waals surface area contributed by atoms with Gasteiger partial charge in [-0.25, -0.2) is 0 Å². The first-order valence-corrected chi connectivity index (χ1v) is 8.11. The largest absolute Gasteiger partial charge is 0.480 e. The number of carbonyl (C=O) groups is 1. The number of aliphatic carboxylic acids is 1. The predicted octanol–water partition coefficient (Wildman–Crippen LogP) is 1.86. The molecule has 122 valence electrons. The lowest BCUT2D eigenvalue weighted by molar-refractivity contribution is -0.145. The number of hydrogen-bond acceptors (Lipinski definition) is 4. The summed E-state index contributed by atoms with van der Waals surface area (Å²) in [5, 5.41) is 12.8. The average Bonchev–Trinajstić information content (AvgIpc) is 3.09. The molecule has 21 heavy (non-hydrogen) atoms. The van der Waals surface area contributed by atoms with E-state index in [0.717, 1.165) is 38.9 Å². The molecule has 2 N–H and O–H groups in total. The Morgan fingerprint density at radius 1 is 1.48 bits per heavy atom. The number of carboxylic acid groups (broad SMARTS) is 1. The van der Waals surface area contributed by atoms with Gasteiger partial charge in [0.2, 0.25) is 0 Å². The lowest BCUT2D eigenvalue weighted by Gasteiger charge is -2.42. The zero-order chi connectivity index (χ0) is 15.7. The summed E-state index contributed by atoms with van der Waals surface area (Å²) < 4.78 is 5.90. The molecule has 0 spiro atoms. The number of nitrogens with zero attached hydrogens (tertiary/aromatic N) is 1. The van der Waals surface area contributed by atoms with Crippen molar-refractivity contribution >= 4 is 5.97 Å². The number of nitrogens with one attached hydrogen (secondary N) is 1. The Balaban J connectivity index is 1.80. The molecule has 2 rings (SSSR count). The summed E-state index contributed by atoms with van der Waals surface area (Å²) in [5.41, 5.74) is -0.894. The van der Waals surface area contributed by atoms with Crippen molar-refractivity contribution in [2.75, 3.05) is 19.6 Å². The highest BCUT2D eigenvalue weighted by Gasteiger charge is 2.38. The fraction of sp³-hybridized carbons (Fsp3) is 0.938. The normalized spacial score (nSPS) is 29.0. The van der Waals surface area contributed by atoms with Gasteiger partial charge in [-0.1, -0.05) is 0 Å². The lowest BCUT2D eigenvalue weighted by atomic mass is 9.95. The van der Waals surface area contributed by atoms with Crippen molar-refractivity contribution in [1.82, 2.24) is 10.2 Å². The molecule has 0 aromatic rings. The molecule has 1 aliphatic carbocycles. The number of rotatable bonds is 7. The van der Waals surface area contributed by atoms with Gasteiger partial charge < -0.3 is 9.84 Å². The predicted molar refractivity (Wildman–Crippen MR) is 82.5 cm³/mol. The van der Waals surface area contributed by atoms with Gasteiger partial charge in [-0.05, 0) is 59.9 Å². The fourth-order valence-corrected chi connectivity index (χ4v) is 3.33. The molecule has 1 heterocycles. The number of ether oxygens (including phenoxy) is 1. The number of hydrogen-bond donors (Lipinski definition) is 2. The quantitative estimate of drug-likeness (QED) is 0.751. The molecule has 5 heteroatoms. The van der Waals surface area contributed by atoms with Crippen LogP contribution in [0.2, 0.25) is 0 Å². The standard InChI is InChI=1S/C16H30N2O3/c1-12-10-18(11-15(2,3)21-12)9-5-8-16(4,14(19)20)17-13-6-7-13/h12-13,17H,5-11H2,1-4H3,(H,19,20). The summed E-state index contributed by atoms with van der Waals surface area (Å²) in [6.45, 7) is 10.9. The Hall–Kier alpha value is -0.650. The van der Waals surface area contributed by atoms with Crippen LogP contribution >= 0.6 is 0 Å². The second-order valence-electron chi connectivity index (χ2n) is 7.58. The van der Waals surface area contributed by atoms with Crippen molar-refractivity contribution in [1.29, 1.82) is 0 Å². The Kier molecular flexibility index (Phi) is 4.96. The summed E-state index contributed by atoms with van der Waals surface area (Å²) in [6, 6.07) is 0.411. The van der Waals surface area contributed by atoms with Gasteiger partial charge in [-0.2, -0.15) is 0 Å². The van der Waals surface area contributed by atoms with Gasteiger partial charge in [0.05, 0.1) is 11.7 Å². The molecule has 2 fully saturated rings. The number of morpholine rings is 1. The molecule has 1 saturated carbocycles.